The van der Waals surface area contributed by atoms with Crippen molar-refractivity contribution < 1.29 is 4.79 Å². The number of hydrogen-bond donors (Lipinski definition) is 0. The van der Waals surface area contributed by atoms with Crippen LogP contribution in [-0.4, -0.2) is 42.4 Å². The normalized spacial score (nSPS) is 19.7. The lowest BCUT2D eigenvalue weighted by Crippen LogP contribution is -2.42. The van der Waals surface area contributed by atoms with E-state index >= 15 is 0 Å². The van der Waals surface area contributed by atoms with Gasteiger partial charge in [-0.25, -0.2) is 0 Å². The Bertz CT molecular complexity index is 468. The number of aryl methyl sites for hydroxylation is 2. The van der Waals surface area contributed by atoms with Gasteiger partial charge < -0.3 is 4.90 Å². The Hall–Kier alpha value is -1.35. The quantitative estimate of drug-likeness (QED) is 0.833. The predicted molar refractivity (Wildman–Crippen MR) is 78.0 cm³/mol. The summed E-state index contributed by atoms with van der Waals surface area (Å²) in [5, 5.41) is 0. The molecule has 0 aromatic heterocycles. The highest BCUT2D eigenvalue weighted by Gasteiger charge is 2.31. The molecule has 1 aromatic carbocycles. The molecule has 1 unspecified atom stereocenters. The first-order chi connectivity index (χ1) is 8.99. The van der Waals surface area contributed by atoms with Crippen LogP contribution in [0.4, 0.5) is 0 Å². The first-order valence-corrected chi connectivity index (χ1v) is 7.00. The Morgan fingerprint density at radius 1 is 1.37 bits per heavy atom. The Kier molecular flexibility index (Phi) is 4.25. The average molecular weight is 260 g/mol. The van der Waals surface area contributed by atoms with Gasteiger partial charge in [-0.3, -0.25) is 9.69 Å². The third-order valence-corrected chi connectivity index (χ3v) is 3.97. The summed E-state index contributed by atoms with van der Waals surface area (Å²) in [4.78, 5) is 16.2. The molecule has 0 bridgehead atoms. The van der Waals surface area contributed by atoms with Crippen LogP contribution in [0.2, 0.25) is 0 Å². The van der Waals surface area contributed by atoms with Crippen molar-refractivity contribution in [2.45, 2.75) is 39.3 Å². The maximum Gasteiger partial charge on any atom is 0.239 e. The van der Waals surface area contributed by atoms with Crippen LogP contribution in [0.25, 0.3) is 0 Å². The molecule has 1 aliphatic heterocycles. The number of carbonyl (C=O) groups is 1. The molecule has 1 aliphatic rings. The van der Waals surface area contributed by atoms with Crippen molar-refractivity contribution in [2.75, 3.05) is 20.6 Å². The summed E-state index contributed by atoms with van der Waals surface area (Å²) in [6.45, 7) is 6.18. The molecular weight excluding hydrogens is 236 g/mol. The first kappa shape index (κ1) is 14.1. The van der Waals surface area contributed by atoms with Crippen LogP contribution in [0, 0.1) is 13.8 Å². The molecule has 0 radical (unpaired) electrons. The highest BCUT2D eigenvalue weighted by Crippen LogP contribution is 2.23. The molecule has 1 heterocycles. The molecule has 3 nitrogen and oxygen atoms in total. The molecule has 0 N–H and O–H groups in total. The van der Waals surface area contributed by atoms with E-state index in [1.807, 2.05) is 14.1 Å². The molecule has 0 spiro atoms. The molecular formula is C16H24N2O. The lowest BCUT2D eigenvalue weighted by atomic mass is 10.0. The minimum absolute atomic E-state index is 0.0647. The van der Waals surface area contributed by atoms with Gasteiger partial charge in [-0.15, -0.1) is 0 Å². The molecule has 1 atom stereocenters. The Morgan fingerprint density at radius 3 is 2.79 bits per heavy atom. The molecule has 1 fully saturated rings. The fourth-order valence-corrected chi connectivity index (χ4v) is 2.78. The summed E-state index contributed by atoms with van der Waals surface area (Å²) < 4.78 is 0. The van der Waals surface area contributed by atoms with Gasteiger partial charge in [0.2, 0.25) is 5.91 Å². The third-order valence-electron chi connectivity index (χ3n) is 3.97. The van der Waals surface area contributed by atoms with Gasteiger partial charge >= 0.3 is 0 Å². The Labute approximate surface area is 116 Å². The van der Waals surface area contributed by atoms with Crippen LogP contribution < -0.4 is 0 Å². The second kappa shape index (κ2) is 5.74. The molecule has 1 amide bonds. The van der Waals surface area contributed by atoms with E-state index in [9.17, 15) is 4.79 Å². The summed E-state index contributed by atoms with van der Waals surface area (Å²) in [7, 11) is 3.69. The fourth-order valence-electron chi connectivity index (χ4n) is 2.78. The second-order valence-corrected chi connectivity index (χ2v) is 5.79. The number of rotatable bonds is 3. The maximum absolute atomic E-state index is 12.2. The predicted octanol–water partition coefficient (Wildman–Crippen LogP) is 2.36. The second-order valence-electron chi connectivity index (χ2n) is 5.79. The molecule has 2 rings (SSSR count). The summed E-state index contributed by atoms with van der Waals surface area (Å²) in [6, 6.07) is 6.62. The van der Waals surface area contributed by atoms with Crippen LogP contribution >= 0.6 is 0 Å². The maximum atomic E-state index is 12.2. The van der Waals surface area contributed by atoms with Crippen LogP contribution in [0.3, 0.4) is 0 Å². The van der Waals surface area contributed by atoms with Crippen molar-refractivity contribution in [1.82, 2.24) is 9.80 Å². The number of benzene rings is 1. The monoisotopic (exact) mass is 260 g/mol. The zero-order valence-corrected chi connectivity index (χ0v) is 12.4. The molecule has 3 heteroatoms. The largest absolute Gasteiger partial charge is 0.347 e. The zero-order valence-electron chi connectivity index (χ0n) is 12.4. The van der Waals surface area contributed by atoms with E-state index < -0.39 is 0 Å². The van der Waals surface area contributed by atoms with E-state index in [0.717, 1.165) is 25.9 Å². The van der Waals surface area contributed by atoms with Crippen LogP contribution in [0.15, 0.2) is 18.2 Å². The third kappa shape index (κ3) is 3.16. The molecule has 1 saturated heterocycles. The van der Waals surface area contributed by atoms with Crippen molar-refractivity contribution in [1.29, 1.82) is 0 Å². The number of hydrogen-bond acceptors (Lipinski definition) is 2. The summed E-state index contributed by atoms with van der Waals surface area (Å²) in [6.07, 6.45) is 2.11. The number of carbonyl (C=O) groups excluding carboxylic acids is 1. The lowest BCUT2D eigenvalue weighted by Gasteiger charge is -2.26. The van der Waals surface area contributed by atoms with E-state index in [1.54, 1.807) is 4.90 Å². The van der Waals surface area contributed by atoms with Gasteiger partial charge in [0.05, 0.1) is 6.04 Å². The minimum Gasteiger partial charge on any atom is -0.347 e. The van der Waals surface area contributed by atoms with Gasteiger partial charge in [0.1, 0.15) is 0 Å². The smallest absolute Gasteiger partial charge is 0.239 e. The number of likely N-dealkylation sites (N-methyl/N-ethyl adjacent to an activating group) is 1. The van der Waals surface area contributed by atoms with Crippen LogP contribution in [0.5, 0.6) is 0 Å². The van der Waals surface area contributed by atoms with Gasteiger partial charge in [0.15, 0.2) is 0 Å². The van der Waals surface area contributed by atoms with E-state index in [-0.39, 0.29) is 11.9 Å². The van der Waals surface area contributed by atoms with Crippen LogP contribution in [0.1, 0.15) is 29.5 Å². The van der Waals surface area contributed by atoms with Gasteiger partial charge in [0.25, 0.3) is 0 Å². The molecule has 0 aliphatic carbocycles. The number of likely N-dealkylation sites (tertiary alicyclic amines) is 1. The summed E-state index contributed by atoms with van der Waals surface area (Å²) in [5.41, 5.74) is 3.95. The Morgan fingerprint density at radius 2 is 2.11 bits per heavy atom. The van der Waals surface area contributed by atoms with Gasteiger partial charge in [-0.2, -0.15) is 0 Å². The molecule has 19 heavy (non-hydrogen) atoms. The Balaban J connectivity index is 2.13. The first-order valence-electron chi connectivity index (χ1n) is 7.00. The standard InChI is InChI=1S/C16H24N2O/c1-12-7-8-13(2)14(10-12)11-18-9-5-6-15(18)16(19)17(3)4/h7-8,10,15H,5-6,9,11H2,1-4H3. The van der Waals surface area contributed by atoms with E-state index in [2.05, 4.69) is 36.9 Å². The highest BCUT2D eigenvalue weighted by atomic mass is 16.2. The van der Waals surface area contributed by atoms with Crippen molar-refractivity contribution in [3.8, 4) is 0 Å². The van der Waals surface area contributed by atoms with Crippen molar-refractivity contribution in [2.24, 2.45) is 0 Å². The van der Waals surface area contributed by atoms with Crippen molar-refractivity contribution in [3.63, 3.8) is 0 Å². The average Bonchev–Trinajstić information content (AvgIpc) is 2.81. The lowest BCUT2D eigenvalue weighted by molar-refractivity contribution is -0.133. The number of nitrogens with zero attached hydrogens (tertiary/aromatic N) is 2. The molecule has 1 aromatic rings. The highest BCUT2D eigenvalue weighted by molar-refractivity contribution is 5.81. The SMILES string of the molecule is Cc1ccc(C)c(CN2CCCC2C(=O)N(C)C)c1. The topological polar surface area (TPSA) is 23.6 Å². The van der Waals surface area contributed by atoms with Gasteiger partial charge in [0, 0.05) is 20.6 Å². The van der Waals surface area contributed by atoms with Crippen LogP contribution in [-0.2, 0) is 11.3 Å². The van der Waals surface area contributed by atoms with Crippen molar-refractivity contribution >= 4 is 5.91 Å². The summed E-state index contributed by atoms with van der Waals surface area (Å²) in [5.74, 6) is 0.239. The van der Waals surface area contributed by atoms with Gasteiger partial charge in [-0.1, -0.05) is 23.8 Å². The van der Waals surface area contributed by atoms with E-state index in [1.165, 1.54) is 16.7 Å². The fraction of sp³-hybridized carbons (Fsp3) is 0.562. The summed E-state index contributed by atoms with van der Waals surface area (Å²) >= 11 is 0. The minimum atomic E-state index is 0.0647. The van der Waals surface area contributed by atoms with Gasteiger partial charge in [-0.05, 0) is 44.4 Å². The molecule has 104 valence electrons. The van der Waals surface area contributed by atoms with E-state index in [4.69, 9.17) is 0 Å². The van der Waals surface area contributed by atoms with E-state index in [0.29, 0.717) is 0 Å². The zero-order chi connectivity index (χ0) is 14.0. The number of amides is 1. The van der Waals surface area contributed by atoms with Crippen molar-refractivity contribution in [3.05, 3.63) is 34.9 Å². The molecule has 0 saturated carbocycles.